The fourth-order valence-corrected chi connectivity index (χ4v) is 1.70. The molecule has 0 aliphatic rings. The Bertz CT molecular complexity index is 456. The summed E-state index contributed by atoms with van der Waals surface area (Å²) in [5.41, 5.74) is 1.46. The molecule has 4 nitrogen and oxygen atoms in total. The number of rotatable bonds is 4. The van der Waals surface area contributed by atoms with E-state index in [1.165, 1.54) is 4.90 Å². The molecule has 106 valence electrons. The number of nitrogens with two attached hydrogens (primary N) is 1. The Morgan fingerprint density at radius 3 is 2.32 bits per heavy atom. The summed E-state index contributed by atoms with van der Waals surface area (Å²) in [6.07, 6.45) is -4.49. The van der Waals surface area contributed by atoms with Crippen LogP contribution in [-0.2, 0) is 6.18 Å². The number of anilines is 1. The molecule has 0 bridgehead atoms. The topological polar surface area (TPSA) is 58.4 Å². The van der Waals surface area contributed by atoms with Gasteiger partial charge in [-0.25, -0.2) is 0 Å². The van der Waals surface area contributed by atoms with Crippen LogP contribution < -0.4 is 11.3 Å². The van der Waals surface area contributed by atoms with Gasteiger partial charge in [0.1, 0.15) is 0 Å². The quantitative estimate of drug-likeness (QED) is 0.655. The third-order valence-electron chi connectivity index (χ3n) is 2.78. The largest absolute Gasteiger partial charge is 0.416 e. The maximum Gasteiger partial charge on any atom is 0.416 e. The number of carbonyl (C=O) groups is 1. The van der Waals surface area contributed by atoms with Crippen LogP contribution >= 0.6 is 0 Å². The van der Waals surface area contributed by atoms with Crippen molar-refractivity contribution in [1.82, 2.24) is 4.90 Å². The highest BCUT2D eigenvalue weighted by atomic mass is 19.4. The smallest absolute Gasteiger partial charge is 0.339 e. The molecule has 0 fully saturated rings. The van der Waals surface area contributed by atoms with Gasteiger partial charge < -0.3 is 10.3 Å². The van der Waals surface area contributed by atoms with Crippen LogP contribution in [0.2, 0.25) is 0 Å². The van der Waals surface area contributed by atoms with Gasteiger partial charge in [-0.2, -0.15) is 13.2 Å². The Morgan fingerprint density at radius 1 is 1.32 bits per heavy atom. The maximum atomic E-state index is 12.7. The molecule has 0 spiro atoms. The minimum Gasteiger partial charge on any atom is -0.339 e. The van der Waals surface area contributed by atoms with Crippen LogP contribution in [-0.4, -0.2) is 23.9 Å². The Labute approximate surface area is 109 Å². The second-order valence-electron chi connectivity index (χ2n) is 3.88. The molecule has 7 heteroatoms. The van der Waals surface area contributed by atoms with Gasteiger partial charge in [0.15, 0.2) is 0 Å². The van der Waals surface area contributed by atoms with E-state index in [-0.39, 0.29) is 11.3 Å². The second-order valence-corrected chi connectivity index (χ2v) is 3.88. The standard InChI is InChI=1S/C12H16F3N3O/c1-3-18(4-2)11(19)9-7-8(12(13,14)15)5-6-10(9)17-16/h5-7,17H,3-4,16H2,1-2H3. The highest BCUT2D eigenvalue weighted by molar-refractivity contribution is 5.99. The van der Waals surface area contributed by atoms with Gasteiger partial charge in [-0.15, -0.1) is 0 Å². The van der Waals surface area contributed by atoms with Crippen molar-refractivity contribution in [2.24, 2.45) is 5.84 Å². The van der Waals surface area contributed by atoms with Gasteiger partial charge in [-0.05, 0) is 32.0 Å². The first kappa shape index (κ1) is 15.3. The molecule has 1 aromatic rings. The first-order valence-corrected chi connectivity index (χ1v) is 5.82. The number of nitrogen functional groups attached to an aromatic ring is 1. The molecule has 0 saturated heterocycles. The molecule has 0 radical (unpaired) electrons. The SMILES string of the molecule is CCN(CC)C(=O)c1cc(C(F)(F)F)ccc1NN. The van der Waals surface area contributed by atoms with Gasteiger partial charge >= 0.3 is 6.18 Å². The summed E-state index contributed by atoms with van der Waals surface area (Å²) in [6.45, 7) is 4.33. The molecule has 1 amide bonds. The lowest BCUT2D eigenvalue weighted by Crippen LogP contribution is -2.31. The molecule has 0 saturated carbocycles. The normalized spacial score (nSPS) is 11.3. The van der Waals surface area contributed by atoms with E-state index in [1.54, 1.807) is 13.8 Å². The number of nitrogens with one attached hydrogen (secondary N) is 1. The van der Waals surface area contributed by atoms with Crippen molar-refractivity contribution in [2.45, 2.75) is 20.0 Å². The van der Waals surface area contributed by atoms with Gasteiger partial charge in [0.05, 0.1) is 16.8 Å². The van der Waals surface area contributed by atoms with Crippen LogP contribution in [0.15, 0.2) is 18.2 Å². The summed E-state index contributed by atoms with van der Waals surface area (Å²) < 4.78 is 38.0. The van der Waals surface area contributed by atoms with Crippen molar-refractivity contribution in [1.29, 1.82) is 0 Å². The molecule has 3 N–H and O–H groups in total. The van der Waals surface area contributed by atoms with Crippen molar-refractivity contribution < 1.29 is 18.0 Å². The number of hydrogen-bond donors (Lipinski definition) is 2. The monoisotopic (exact) mass is 275 g/mol. The average molecular weight is 275 g/mol. The number of alkyl halides is 3. The third kappa shape index (κ3) is 3.37. The number of halogens is 3. The number of nitrogens with zero attached hydrogens (tertiary/aromatic N) is 1. The first-order valence-electron chi connectivity index (χ1n) is 5.82. The van der Waals surface area contributed by atoms with Crippen molar-refractivity contribution in [3.63, 3.8) is 0 Å². The van der Waals surface area contributed by atoms with E-state index in [9.17, 15) is 18.0 Å². The summed E-state index contributed by atoms with van der Waals surface area (Å²) in [5, 5.41) is 0. The van der Waals surface area contributed by atoms with Crippen LogP contribution in [0.5, 0.6) is 0 Å². The number of hydrazine groups is 1. The fourth-order valence-electron chi connectivity index (χ4n) is 1.70. The zero-order valence-corrected chi connectivity index (χ0v) is 10.7. The maximum absolute atomic E-state index is 12.7. The molecule has 0 heterocycles. The number of benzene rings is 1. The van der Waals surface area contributed by atoms with Crippen LogP contribution in [0.3, 0.4) is 0 Å². The van der Waals surface area contributed by atoms with Crippen LogP contribution in [0, 0.1) is 0 Å². The zero-order valence-electron chi connectivity index (χ0n) is 10.7. The van der Waals surface area contributed by atoms with E-state index in [4.69, 9.17) is 5.84 Å². The zero-order chi connectivity index (χ0) is 14.6. The molecule has 0 unspecified atom stereocenters. The third-order valence-corrected chi connectivity index (χ3v) is 2.78. The van der Waals surface area contributed by atoms with Gasteiger partial charge in [0.25, 0.3) is 5.91 Å². The summed E-state index contributed by atoms with van der Waals surface area (Å²) in [4.78, 5) is 13.6. The second kappa shape index (κ2) is 5.92. The summed E-state index contributed by atoms with van der Waals surface area (Å²) >= 11 is 0. The van der Waals surface area contributed by atoms with Crippen LogP contribution in [0.25, 0.3) is 0 Å². The number of carbonyl (C=O) groups excluding carboxylic acids is 1. The molecular weight excluding hydrogens is 259 g/mol. The van der Waals surface area contributed by atoms with E-state index in [1.807, 2.05) is 0 Å². The Morgan fingerprint density at radius 2 is 1.89 bits per heavy atom. The van der Waals surface area contributed by atoms with Gasteiger partial charge in [-0.3, -0.25) is 10.6 Å². The Hall–Kier alpha value is -1.76. The molecule has 0 atom stereocenters. The lowest BCUT2D eigenvalue weighted by molar-refractivity contribution is -0.137. The highest BCUT2D eigenvalue weighted by Crippen LogP contribution is 2.32. The minimum absolute atomic E-state index is 0.0824. The molecule has 19 heavy (non-hydrogen) atoms. The number of amides is 1. The first-order chi connectivity index (χ1) is 8.85. The molecule has 0 aromatic heterocycles. The molecule has 0 aliphatic carbocycles. The van der Waals surface area contributed by atoms with Gasteiger partial charge in [0, 0.05) is 13.1 Å². The summed E-state index contributed by atoms with van der Waals surface area (Å²) in [5.74, 6) is 4.75. The van der Waals surface area contributed by atoms with Crippen molar-refractivity contribution in [3.05, 3.63) is 29.3 Å². The molecule has 0 aliphatic heterocycles. The molecule has 1 aromatic carbocycles. The van der Waals surface area contributed by atoms with Crippen LogP contribution in [0.4, 0.5) is 18.9 Å². The van der Waals surface area contributed by atoms with E-state index in [2.05, 4.69) is 5.43 Å². The lowest BCUT2D eigenvalue weighted by atomic mass is 10.1. The van der Waals surface area contributed by atoms with E-state index >= 15 is 0 Å². The predicted octanol–water partition coefficient (Wildman–Crippen LogP) is 2.47. The highest BCUT2D eigenvalue weighted by Gasteiger charge is 2.32. The summed E-state index contributed by atoms with van der Waals surface area (Å²) in [6, 6.07) is 2.85. The molecular formula is C12H16F3N3O. The molecule has 1 rings (SSSR count). The number of hydrogen-bond acceptors (Lipinski definition) is 3. The van der Waals surface area contributed by atoms with Crippen molar-refractivity contribution >= 4 is 11.6 Å². The minimum atomic E-state index is -4.49. The fraction of sp³-hybridized carbons (Fsp3) is 0.417. The van der Waals surface area contributed by atoms with E-state index in [0.717, 1.165) is 18.2 Å². The lowest BCUT2D eigenvalue weighted by Gasteiger charge is -2.21. The Balaban J connectivity index is 3.27. The van der Waals surface area contributed by atoms with Crippen LogP contribution in [0.1, 0.15) is 29.8 Å². The van der Waals surface area contributed by atoms with E-state index < -0.39 is 17.6 Å². The Kier molecular flexibility index (Phi) is 4.77. The van der Waals surface area contributed by atoms with Gasteiger partial charge in [-0.1, -0.05) is 0 Å². The van der Waals surface area contributed by atoms with E-state index in [0.29, 0.717) is 13.1 Å². The summed E-state index contributed by atoms with van der Waals surface area (Å²) in [7, 11) is 0. The predicted molar refractivity (Wildman–Crippen MR) is 66.5 cm³/mol. The van der Waals surface area contributed by atoms with Gasteiger partial charge in [0.2, 0.25) is 0 Å². The van der Waals surface area contributed by atoms with Crippen molar-refractivity contribution in [3.8, 4) is 0 Å². The average Bonchev–Trinajstić information content (AvgIpc) is 2.38. The van der Waals surface area contributed by atoms with Crippen molar-refractivity contribution in [2.75, 3.05) is 18.5 Å².